The first-order valence-electron chi connectivity index (χ1n) is 6.69. The Morgan fingerprint density at radius 1 is 0.947 bits per heavy atom. The highest BCUT2D eigenvalue weighted by molar-refractivity contribution is 5.67. The van der Waals surface area contributed by atoms with E-state index in [0.717, 1.165) is 13.0 Å². The number of carboxylic acid groups (broad SMARTS) is 1. The topological polar surface area (TPSA) is 74.2 Å². The Kier molecular flexibility index (Phi) is 13.2. The molecule has 0 aliphatic rings. The summed E-state index contributed by atoms with van der Waals surface area (Å²) < 4.78 is 20.7. The van der Waals surface area contributed by atoms with Gasteiger partial charge in [-0.05, 0) is 5.92 Å². The van der Waals surface area contributed by atoms with Crippen LogP contribution >= 0.6 is 0 Å². The zero-order chi connectivity index (χ0) is 14.3. The van der Waals surface area contributed by atoms with Crippen LogP contribution in [-0.2, 0) is 23.7 Å². The summed E-state index contributed by atoms with van der Waals surface area (Å²) in [4.78, 5) is 10.1. The molecule has 0 radical (unpaired) electrons. The van der Waals surface area contributed by atoms with Crippen LogP contribution in [0.4, 0.5) is 0 Å². The summed E-state index contributed by atoms with van der Waals surface area (Å²) in [6.07, 6.45) is 1.12. The number of hydrogen-bond donors (Lipinski definition) is 1. The highest BCUT2D eigenvalue weighted by Crippen LogP contribution is 1.99. The largest absolute Gasteiger partial charge is 0.480 e. The Morgan fingerprint density at radius 3 is 1.89 bits per heavy atom. The van der Waals surface area contributed by atoms with Crippen molar-refractivity contribution in [2.24, 2.45) is 5.92 Å². The fraction of sp³-hybridized carbons (Fsp3) is 0.923. The Morgan fingerprint density at radius 2 is 1.42 bits per heavy atom. The number of rotatable bonds is 14. The average molecular weight is 278 g/mol. The third-order valence-electron chi connectivity index (χ3n) is 2.44. The molecule has 1 unspecified atom stereocenters. The molecule has 0 saturated carbocycles. The highest BCUT2D eigenvalue weighted by atomic mass is 16.6. The molecule has 19 heavy (non-hydrogen) atoms. The minimum absolute atomic E-state index is 0.282. The van der Waals surface area contributed by atoms with Gasteiger partial charge in [0.25, 0.3) is 0 Å². The molecule has 0 heterocycles. The molecule has 0 aliphatic heterocycles. The van der Waals surface area contributed by atoms with Crippen molar-refractivity contribution in [2.45, 2.75) is 20.3 Å². The molecule has 0 aromatic heterocycles. The molecule has 0 spiro atoms. The van der Waals surface area contributed by atoms with E-state index < -0.39 is 5.97 Å². The lowest BCUT2D eigenvalue weighted by Gasteiger charge is -2.09. The number of ether oxygens (including phenoxy) is 4. The van der Waals surface area contributed by atoms with Gasteiger partial charge in [0, 0.05) is 6.61 Å². The summed E-state index contributed by atoms with van der Waals surface area (Å²) in [6, 6.07) is 0. The standard InChI is InChI=1S/C13H26O6/c1-3-12(2)10-18-8-6-16-4-5-17-7-9-19-11-13(14)15/h12H,3-11H2,1-2H3,(H,14,15). The molecule has 0 rings (SSSR count). The molecule has 1 N–H and O–H groups in total. The zero-order valence-corrected chi connectivity index (χ0v) is 11.9. The molecule has 6 nitrogen and oxygen atoms in total. The van der Waals surface area contributed by atoms with E-state index in [0.29, 0.717) is 39.0 Å². The molecule has 6 heteroatoms. The average Bonchev–Trinajstić information content (AvgIpc) is 2.39. The summed E-state index contributed by atoms with van der Waals surface area (Å²) in [6.45, 7) is 7.59. The molecular weight excluding hydrogens is 252 g/mol. The van der Waals surface area contributed by atoms with E-state index >= 15 is 0 Å². The lowest BCUT2D eigenvalue weighted by Crippen LogP contribution is -2.14. The summed E-state index contributed by atoms with van der Waals surface area (Å²) >= 11 is 0. The molecule has 0 bridgehead atoms. The lowest BCUT2D eigenvalue weighted by molar-refractivity contribution is -0.142. The zero-order valence-electron chi connectivity index (χ0n) is 11.9. The first-order chi connectivity index (χ1) is 9.16. The number of hydrogen-bond acceptors (Lipinski definition) is 5. The van der Waals surface area contributed by atoms with E-state index in [1.165, 1.54) is 0 Å². The predicted octanol–water partition coefficient (Wildman–Crippen LogP) is 1.18. The van der Waals surface area contributed by atoms with Crippen LogP contribution in [0.2, 0.25) is 0 Å². The minimum Gasteiger partial charge on any atom is -0.480 e. The van der Waals surface area contributed by atoms with E-state index in [1.807, 2.05) is 0 Å². The molecule has 0 aromatic rings. The van der Waals surface area contributed by atoms with Crippen LogP contribution in [0, 0.1) is 5.92 Å². The Bertz CT molecular complexity index is 209. The van der Waals surface area contributed by atoms with Crippen molar-refractivity contribution in [3.8, 4) is 0 Å². The number of carboxylic acids is 1. The Balaban J connectivity index is 3.01. The van der Waals surface area contributed by atoms with Crippen molar-refractivity contribution in [3.63, 3.8) is 0 Å². The van der Waals surface area contributed by atoms with Crippen molar-refractivity contribution in [2.75, 3.05) is 52.9 Å². The molecule has 0 aromatic carbocycles. The van der Waals surface area contributed by atoms with Gasteiger partial charge < -0.3 is 24.1 Å². The first-order valence-corrected chi connectivity index (χ1v) is 6.69. The van der Waals surface area contributed by atoms with Gasteiger partial charge in [-0.1, -0.05) is 20.3 Å². The van der Waals surface area contributed by atoms with Crippen molar-refractivity contribution >= 4 is 5.97 Å². The minimum atomic E-state index is -0.972. The van der Waals surface area contributed by atoms with Crippen LogP contribution in [0.15, 0.2) is 0 Å². The van der Waals surface area contributed by atoms with Crippen molar-refractivity contribution in [1.82, 2.24) is 0 Å². The second-order valence-electron chi connectivity index (χ2n) is 4.26. The summed E-state index contributed by atoms with van der Waals surface area (Å²) in [5.74, 6) is -0.380. The van der Waals surface area contributed by atoms with Crippen molar-refractivity contribution in [1.29, 1.82) is 0 Å². The van der Waals surface area contributed by atoms with Crippen LogP contribution in [0.5, 0.6) is 0 Å². The smallest absolute Gasteiger partial charge is 0.329 e. The van der Waals surface area contributed by atoms with E-state index in [-0.39, 0.29) is 13.2 Å². The van der Waals surface area contributed by atoms with Crippen molar-refractivity contribution < 1.29 is 28.8 Å². The second kappa shape index (κ2) is 13.7. The van der Waals surface area contributed by atoms with Crippen LogP contribution < -0.4 is 0 Å². The van der Waals surface area contributed by atoms with Crippen LogP contribution in [-0.4, -0.2) is 63.9 Å². The van der Waals surface area contributed by atoms with E-state index in [9.17, 15) is 4.79 Å². The molecule has 0 saturated heterocycles. The molecule has 0 amide bonds. The van der Waals surface area contributed by atoms with E-state index in [4.69, 9.17) is 24.1 Å². The van der Waals surface area contributed by atoms with Crippen LogP contribution in [0.3, 0.4) is 0 Å². The third-order valence-corrected chi connectivity index (χ3v) is 2.44. The Hall–Kier alpha value is -0.690. The third kappa shape index (κ3) is 15.3. The maximum absolute atomic E-state index is 10.1. The molecular formula is C13H26O6. The van der Waals surface area contributed by atoms with E-state index in [1.54, 1.807) is 0 Å². The van der Waals surface area contributed by atoms with Crippen molar-refractivity contribution in [3.05, 3.63) is 0 Å². The monoisotopic (exact) mass is 278 g/mol. The molecule has 0 fully saturated rings. The summed E-state index contributed by atoms with van der Waals surface area (Å²) in [7, 11) is 0. The summed E-state index contributed by atoms with van der Waals surface area (Å²) in [5.41, 5.74) is 0. The highest BCUT2D eigenvalue weighted by Gasteiger charge is 1.98. The lowest BCUT2D eigenvalue weighted by atomic mass is 10.1. The van der Waals surface area contributed by atoms with Gasteiger partial charge in [0.15, 0.2) is 0 Å². The summed E-state index contributed by atoms with van der Waals surface area (Å²) in [5, 5.41) is 8.31. The number of carbonyl (C=O) groups is 1. The van der Waals surface area contributed by atoms with E-state index in [2.05, 4.69) is 13.8 Å². The Labute approximate surface area is 115 Å². The maximum Gasteiger partial charge on any atom is 0.329 e. The quantitative estimate of drug-likeness (QED) is 0.481. The van der Waals surface area contributed by atoms with Gasteiger partial charge in [0.1, 0.15) is 6.61 Å². The van der Waals surface area contributed by atoms with Gasteiger partial charge in [0.2, 0.25) is 0 Å². The van der Waals surface area contributed by atoms with Crippen LogP contribution in [0.1, 0.15) is 20.3 Å². The maximum atomic E-state index is 10.1. The van der Waals surface area contributed by atoms with Crippen LogP contribution in [0.25, 0.3) is 0 Å². The second-order valence-corrected chi connectivity index (χ2v) is 4.26. The molecule has 1 atom stereocenters. The predicted molar refractivity (Wildman–Crippen MR) is 70.4 cm³/mol. The first kappa shape index (κ1) is 18.3. The fourth-order valence-electron chi connectivity index (χ4n) is 1.12. The number of aliphatic carboxylic acids is 1. The SMILES string of the molecule is CCC(C)COCCOCCOCCOCC(=O)O. The van der Waals surface area contributed by atoms with Gasteiger partial charge in [-0.3, -0.25) is 0 Å². The van der Waals surface area contributed by atoms with Gasteiger partial charge >= 0.3 is 5.97 Å². The normalized spacial score (nSPS) is 12.5. The molecule has 0 aliphatic carbocycles. The van der Waals surface area contributed by atoms with Gasteiger partial charge in [-0.15, -0.1) is 0 Å². The fourth-order valence-corrected chi connectivity index (χ4v) is 1.12. The molecule has 114 valence electrons. The van der Waals surface area contributed by atoms with Gasteiger partial charge in [-0.2, -0.15) is 0 Å². The van der Waals surface area contributed by atoms with Gasteiger partial charge in [0.05, 0.1) is 39.6 Å². The van der Waals surface area contributed by atoms with Gasteiger partial charge in [-0.25, -0.2) is 4.79 Å².